The molecule has 3 heterocycles. The van der Waals surface area contributed by atoms with Crippen molar-refractivity contribution in [1.29, 1.82) is 0 Å². The molecular weight excluding hydrogens is 495 g/mol. The van der Waals surface area contributed by atoms with E-state index in [0.29, 0.717) is 34.6 Å². The van der Waals surface area contributed by atoms with Gasteiger partial charge in [-0.2, -0.15) is 26.3 Å². The van der Waals surface area contributed by atoms with E-state index >= 15 is 0 Å². The largest absolute Gasteiger partial charge is 0.417 e. The highest BCUT2D eigenvalue weighted by Gasteiger charge is 2.39. The quantitative estimate of drug-likeness (QED) is 0.246. The first kappa shape index (κ1) is 23.5. The molecule has 5 rings (SSSR count). The van der Waals surface area contributed by atoms with E-state index in [1.54, 1.807) is 18.3 Å². The lowest BCUT2D eigenvalue weighted by molar-refractivity contribution is -0.746. The highest BCUT2D eigenvalue weighted by atomic mass is 19.4. The Labute approximate surface area is 197 Å². The molecule has 0 aliphatic carbocycles. The molecule has 3 aromatic heterocycles. The number of rotatable bonds is 4. The summed E-state index contributed by atoms with van der Waals surface area (Å²) in [5, 5.41) is 7.78. The molecule has 0 fully saturated rings. The predicted molar refractivity (Wildman–Crippen MR) is 111 cm³/mol. The number of imidazole rings is 1. The number of nitrogens with one attached hydrogen (secondary N) is 1. The van der Waals surface area contributed by atoms with Crippen LogP contribution < -0.4 is 4.68 Å². The van der Waals surface area contributed by atoms with E-state index < -0.39 is 34.9 Å². The van der Waals surface area contributed by atoms with Crippen molar-refractivity contribution >= 4 is 11.0 Å². The fourth-order valence-corrected chi connectivity index (χ4v) is 3.62. The molecule has 0 aliphatic rings. The van der Waals surface area contributed by atoms with Crippen LogP contribution in [0.2, 0.25) is 0 Å². The van der Waals surface area contributed by atoms with Crippen molar-refractivity contribution < 1.29 is 39.9 Å². The maximum Gasteiger partial charge on any atom is 0.417 e. The van der Waals surface area contributed by atoms with Gasteiger partial charge in [-0.3, -0.25) is 0 Å². The first-order chi connectivity index (χ1) is 17.0. The van der Waals surface area contributed by atoms with Crippen molar-refractivity contribution in [1.82, 2.24) is 20.2 Å². The Kier molecular flexibility index (Phi) is 5.49. The zero-order valence-electron chi connectivity index (χ0n) is 17.8. The van der Waals surface area contributed by atoms with Crippen LogP contribution in [0.15, 0.2) is 65.4 Å². The van der Waals surface area contributed by atoms with E-state index in [1.165, 1.54) is 29.1 Å². The van der Waals surface area contributed by atoms with Crippen LogP contribution in [0.5, 0.6) is 0 Å². The highest BCUT2D eigenvalue weighted by Crippen LogP contribution is 2.40. The van der Waals surface area contributed by atoms with E-state index in [9.17, 15) is 30.7 Å². The SMILES string of the molecule is Fc1cccc(-c2nc3cn[n+](Cc4cc(-c5ccc(C(F)(F)F)cc5C(F)(F)F)no4)cc3[nH]2)c1. The molecule has 0 aliphatic heterocycles. The molecular formula is C23H13F7N5O+. The maximum atomic E-state index is 13.5. The number of hydrogen-bond donors (Lipinski definition) is 1. The van der Waals surface area contributed by atoms with Gasteiger partial charge < -0.3 is 9.51 Å². The van der Waals surface area contributed by atoms with Gasteiger partial charge in [0.2, 0.25) is 18.5 Å². The van der Waals surface area contributed by atoms with Gasteiger partial charge in [0.15, 0.2) is 0 Å². The molecule has 2 aromatic carbocycles. The Morgan fingerprint density at radius 2 is 1.75 bits per heavy atom. The molecule has 1 N–H and O–H groups in total. The molecule has 13 heteroatoms. The molecule has 0 amide bonds. The molecule has 0 saturated carbocycles. The van der Waals surface area contributed by atoms with Crippen LogP contribution in [0.3, 0.4) is 0 Å². The average molecular weight is 508 g/mol. The van der Waals surface area contributed by atoms with Crippen LogP contribution in [-0.2, 0) is 18.9 Å². The molecule has 184 valence electrons. The highest BCUT2D eigenvalue weighted by molar-refractivity contribution is 5.77. The van der Waals surface area contributed by atoms with Gasteiger partial charge >= 0.3 is 12.4 Å². The van der Waals surface area contributed by atoms with E-state index in [4.69, 9.17) is 4.52 Å². The monoisotopic (exact) mass is 508 g/mol. The number of aromatic nitrogens is 5. The van der Waals surface area contributed by atoms with Crippen molar-refractivity contribution in [2.24, 2.45) is 0 Å². The van der Waals surface area contributed by atoms with Crippen LogP contribution in [-0.4, -0.2) is 20.2 Å². The lowest BCUT2D eigenvalue weighted by Gasteiger charge is -2.14. The lowest BCUT2D eigenvalue weighted by Crippen LogP contribution is -2.37. The summed E-state index contributed by atoms with van der Waals surface area (Å²) < 4.78 is 99.3. The van der Waals surface area contributed by atoms with Crippen LogP contribution in [0.4, 0.5) is 30.7 Å². The molecule has 6 nitrogen and oxygen atoms in total. The molecule has 0 atom stereocenters. The van der Waals surface area contributed by atoms with E-state index in [2.05, 4.69) is 20.2 Å². The number of nitrogens with zero attached hydrogens (tertiary/aromatic N) is 4. The minimum atomic E-state index is -5.04. The second-order valence-corrected chi connectivity index (χ2v) is 7.80. The number of H-pyrrole nitrogens is 1. The van der Waals surface area contributed by atoms with Crippen molar-refractivity contribution in [2.75, 3.05) is 0 Å². The summed E-state index contributed by atoms with van der Waals surface area (Å²) in [5.41, 5.74) is -2.17. The summed E-state index contributed by atoms with van der Waals surface area (Å²) in [6.45, 7) is -0.0424. The van der Waals surface area contributed by atoms with E-state index in [-0.39, 0.29) is 24.1 Å². The molecule has 0 bridgehead atoms. The van der Waals surface area contributed by atoms with Gasteiger partial charge in [-0.05, 0) is 29.4 Å². The zero-order valence-corrected chi connectivity index (χ0v) is 17.8. The minimum Gasteiger partial charge on any atom is -0.354 e. The third-order valence-corrected chi connectivity index (χ3v) is 5.27. The van der Waals surface area contributed by atoms with Gasteiger partial charge in [0.25, 0.3) is 0 Å². The van der Waals surface area contributed by atoms with E-state index in [1.807, 2.05) is 0 Å². The second kappa shape index (κ2) is 8.43. The molecule has 0 saturated heterocycles. The van der Waals surface area contributed by atoms with E-state index in [0.717, 1.165) is 0 Å². The average Bonchev–Trinajstić information content (AvgIpc) is 3.44. The van der Waals surface area contributed by atoms with Crippen LogP contribution in [0.25, 0.3) is 33.7 Å². The summed E-state index contributed by atoms with van der Waals surface area (Å²) >= 11 is 0. The standard InChI is InChI=1S/C23H12F7N5O/c24-14-3-1-2-12(6-14)21-32-19-9-31-35(11-20(19)33-21)10-15-8-18(34-36-15)16-5-4-13(22(25,26)27)7-17(16)23(28,29)30/h1-9,11H,10H2/p+1. The lowest BCUT2D eigenvalue weighted by atomic mass is 10.0. The maximum absolute atomic E-state index is 13.5. The van der Waals surface area contributed by atoms with Gasteiger partial charge in [-0.15, -0.1) is 0 Å². The number of fused-ring (bicyclic) bond motifs is 1. The number of aromatic amines is 1. The van der Waals surface area contributed by atoms with Gasteiger partial charge in [-0.25, -0.2) is 9.37 Å². The fraction of sp³-hybridized carbons (Fsp3) is 0.130. The Morgan fingerprint density at radius 3 is 2.47 bits per heavy atom. The molecule has 0 radical (unpaired) electrons. The van der Waals surface area contributed by atoms with Crippen molar-refractivity contribution in [2.45, 2.75) is 18.9 Å². The third kappa shape index (κ3) is 4.63. The fourth-order valence-electron chi connectivity index (χ4n) is 3.62. The van der Waals surface area contributed by atoms with Crippen molar-refractivity contribution in [3.8, 4) is 22.6 Å². The third-order valence-electron chi connectivity index (χ3n) is 5.27. The number of alkyl halides is 6. The number of benzene rings is 2. The normalized spacial score (nSPS) is 12.4. The van der Waals surface area contributed by atoms with Crippen LogP contribution in [0.1, 0.15) is 16.9 Å². The summed E-state index contributed by atoms with van der Waals surface area (Å²) in [6.07, 6.45) is -6.98. The Balaban J connectivity index is 1.43. The Hall–Kier alpha value is -4.29. The van der Waals surface area contributed by atoms with Crippen molar-refractivity contribution in [3.63, 3.8) is 0 Å². The van der Waals surface area contributed by atoms with Crippen LogP contribution >= 0.6 is 0 Å². The van der Waals surface area contributed by atoms with Gasteiger partial charge in [0, 0.05) is 17.2 Å². The second-order valence-electron chi connectivity index (χ2n) is 7.80. The predicted octanol–water partition coefficient (Wildman–Crippen LogP) is 5.79. The topological polar surface area (TPSA) is 71.5 Å². The summed E-state index contributed by atoms with van der Waals surface area (Å²) in [5.74, 6) is 0.0942. The van der Waals surface area contributed by atoms with Gasteiger partial charge in [0.1, 0.15) is 34.6 Å². The van der Waals surface area contributed by atoms with Gasteiger partial charge in [0.05, 0.1) is 11.1 Å². The first-order valence-corrected chi connectivity index (χ1v) is 10.2. The smallest absolute Gasteiger partial charge is 0.354 e. The molecule has 0 unspecified atom stereocenters. The Bertz CT molecular complexity index is 1570. The molecule has 36 heavy (non-hydrogen) atoms. The van der Waals surface area contributed by atoms with Crippen LogP contribution in [0, 0.1) is 5.82 Å². The number of halogens is 7. The minimum absolute atomic E-state index is 0.0424. The molecule has 0 spiro atoms. The summed E-state index contributed by atoms with van der Waals surface area (Å²) in [4.78, 5) is 7.39. The summed E-state index contributed by atoms with van der Waals surface area (Å²) in [6, 6.07) is 8.33. The molecule has 5 aromatic rings. The first-order valence-electron chi connectivity index (χ1n) is 10.2. The number of hydrogen-bond acceptors (Lipinski definition) is 4. The summed E-state index contributed by atoms with van der Waals surface area (Å²) in [7, 11) is 0. The Morgan fingerprint density at radius 1 is 0.944 bits per heavy atom. The van der Waals surface area contributed by atoms with Crippen molar-refractivity contribution in [3.05, 3.63) is 83.6 Å². The van der Waals surface area contributed by atoms with Gasteiger partial charge in [-0.1, -0.05) is 28.0 Å². The zero-order chi connectivity index (χ0) is 25.7.